The second-order valence-corrected chi connectivity index (χ2v) is 6.07. The van der Waals surface area contributed by atoms with Gasteiger partial charge in [0.2, 0.25) is 0 Å². The lowest BCUT2D eigenvalue weighted by molar-refractivity contribution is -0.0965. The SMILES string of the molecule is OCC(COCC1CO1)(COCC1CO1)COC[C@@H]1CO1. The molecule has 2 unspecified atom stereocenters. The minimum absolute atomic E-state index is 0.0461. The number of epoxide rings is 3. The topological polar surface area (TPSA) is 85.5 Å². The standard InChI is InChI=1S/C14H24O7/c15-7-14(8-16-1-11-4-19-11,9-17-2-12-5-20-12)10-18-3-13-6-21-13/h11-13,15H,1-10H2/t11-,12?,13?,14?/m1/s1. The van der Waals surface area contributed by atoms with Crippen molar-refractivity contribution in [2.75, 3.05) is 66.1 Å². The van der Waals surface area contributed by atoms with Crippen LogP contribution in [0.3, 0.4) is 0 Å². The molecule has 0 aromatic carbocycles. The summed E-state index contributed by atoms with van der Waals surface area (Å²) >= 11 is 0. The second kappa shape index (κ2) is 7.32. The Morgan fingerprint density at radius 3 is 1.33 bits per heavy atom. The molecule has 0 spiro atoms. The molecule has 3 rings (SSSR count). The Labute approximate surface area is 124 Å². The molecular formula is C14H24O7. The summed E-state index contributed by atoms with van der Waals surface area (Å²) in [6.07, 6.45) is 0.633. The third-order valence-electron chi connectivity index (χ3n) is 3.68. The highest BCUT2D eigenvalue weighted by atomic mass is 16.6. The van der Waals surface area contributed by atoms with E-state index in [9.17, 15) is 5.11 Å². The van der Waals surface area contributed by atoms with Gasteiger partial charge in [-0.3, -0.25) is 0 Å². The van der Waals surface area contributed by atoms with E-state index >= 15 is 0 Å². The van der Waals surface area contributed by atoms with Crippen LogP contribution in [0.1, 0.15) is 0 Å². The Morgan fingerprint density at radius 1 is 0.762 bits per heavy atom. The minimum atomic E-state index is -0.543. The summed E-state index contributed by atoms with van der Waals surface area (Å²) in [6.45, 7) is 5.07. The van der Waals surface area contributed by atoms with E-state index in [1.54, 1.807) is 0 Å². The van der Waals surface area contributed by atoms with Gasteiger partial charge in [-0.15, -0.1) is 0 Å². The lowest BCUT2D eigenvalue weighted by Crippen LogP contribution is -2.41. The number of aliphatic hydroxyl groups is 1. The lowest BCUT2D eigenvalue weighted by atomic mass is 9.92. The molecule has 0 saturated carbocycles. The van der Waals surface area contributed by atoms with Crippen LogP contribution in [0.25, 0.3) is 0 Å². The summed E-state index contributed by atoms with van der Waals surface area (Å²) in [6, 6.07) is 0. The fourth-order valence-corrected chi connectivity index (χ4v) is 1.98. The van der Waals surface area contributed by atoms with Gasteiger partial charge in [-0.2, -0.15) is 0 Å². The van der Waals surface area contributed by atoms with E-state index in [-0.39, 0.29) is 24.9 Å². The van der Waals surface area contributed by atoms with Crippen LogP contribution in [-0.4, -0.2) is 89.5 Å². The summed E-state index contributed by atoms with van der Waals surface area (Å²) in [5.74, 6) is 0. The zero-order valence-electron chi connectivity index (χ0n) is 12.2. The first-order chi connectivity index (χ1) is 10.3. The molecule has 3 heterocycles. The van der Waals surface area contributed by atoms with Gasteiger partial charge in [0.1, 0.15) is 18.3 Å². The smallest absolute Gasteiger partial charge is 0.104 e. The molecule has 0 radical (unpaired) electrons. The number of aliphatic hydroxyl groups excluding tert-OH is 1. The molecule has 0 aliphatic carbocycles. The molecule has 3 saturated heterocycles. The Kier molecular flexibility index (Phi) is 5.44. The third-order valence-corrected chi connectivity index (χ3v) is 3.68. The first kappa shape index (κ1) is 15.6. The van der Waals surface area contributed by atoms with Gasteiger partial charge in [0.15, 0.2) is 0 Å². The van der Waals surface area contributed by atoms with Gasteiger partial charge in [0.25, 0.3) is 0 Å². The quantitative estimate of drug-likeness (QED) is 0.446. The normalized spacial score (nSPS) is 32.7. The molecule has 0 amide bonds. The molecule has 7 heteroatoms. The zero-order chi connectivity index (χ0) is 14.5. The van der Waals surface area contributed by atoms with Crippen LogP contribution >= 0.6 is 0 Å². The Bertz CT molecular complexity index is 267. The first-order valence-electron chi connectivity index (χ1n) is 7.49. The third kappa shape index (κ3) is 5.78. The molecule has 0 aromatic rings. The molecule has 3 aliphatic rings. The fourth-order valence-electron chi connectivity index (χ4n) is 1.98. The van der Waals surface area contributed by atoms with Crippen LogP contribution < -0.4 is 0 Å². The molecule has 0 bridgehead atoms. The maximum atomic E-state index is 9.79. The predicted molar refractivity (Wildman–Crippen MR) is 71.2 cm³/mol. The fraction of sp³-hybridized carbons (Fsp3) is 1.00. The highest BCUT2D eigenvalue weighted by Gasteiger charge is 2.35. The number of hydrogen-bond donors (Lipinski definition) is 1. The van der Waals surface area contributed by atoms with Crippen molar-refractivity contribution in [1.82, 2.24) is 0 Å². The zero-order valence-corrected chi connectivity index (χ0v) is 12.2. The molecule has 0 aromatic heterocycles. The Hall–Kier alpha value is -0.280. The summed E-state index contributed by atoms with van der Waals surface area (Å²) in [7, 11) is 0. The molecule has 1 N–H and O–H groups in total. The van der Waals surface area contributed by atoms with Crippen molar-refractivity contribution < 1.29 is 33.5 Å². The van der Waals surface area contributed by atoms with Crippen molar-refractivity contribution in [3.05, 3.63) is 0 Å². The number of hydrogen-bond acceptors (Lipinski definition) is 7. The van der Waals surface area contributed by atoms with E-state index in [1.807, 2.05) is 0 Å². The van der Waals surface area contributed by atoms with Gasteiger partial charge in [0.05, 0.1) is 71.5 Å². The monoisotopic (exact) mass is 304 g/mol. The van der Waals surface area contributed by atoms with Crippen molar-refractivity contribution in [3.63, 3.8) is 0 Å². The second-order valence-electron chi connectivity index (χ2n) is 6.07. The lowest BCUT2D eigenvalue weighted by Gasteiger charge is -2.31. The van der Waals surface area contributed by atoms with E-state index in [0.717, 1.165) is 19.8 Å². The highest BCUT2D eigenvalue weighted by molar-refractivity contribution is 4.81. The van der Waals surface area contributed by atoms with Gasteiger partial charge in [-0.1, -0.05) is 0 Å². The largest absolute Gasteiger partial charge is 0.396 e. The van der Waals surface area contributed by atoms with Gasteiger partial charge in [-0.25, -0.2) is 0 Å². The molecule has 122 valence electrons. The van der Waals surface area contributed by atoms with Gasteiger partial charge >= 0.3 is 0 Å². The van der Waals surface area contributed by atoms with E-state index in [0.29, 0.717) is 39.6 Å². The van der Waals surface area contributed by atoms with E-state index in [1.165, 1.54) is 0 Å². The molecule has 21 heavy (non-hydrogen) atoms. The molecule has 3 fully saturated rings. The maximum absolute atomic E-state index is 9.79. The number of rotatable bonds is 13. The minimum Gasteiger partial charge on any atom is -0.396 e. The highest BCUT2D eigenvalue weighted by Crippen LogP contribution is 2.22. The van der Waals surface area contributed by atoms with Crippen molar-refractivity contribution in [1.29, 1.82) is 0 Å². The molecule has 3 atom stereocenters. The van der Waals surface area contributed by atoms with E-state index < -0.39 is 5.41 Å². The average molecular weight is 304 g/mol. The van der Waals surface area contributed by atoms with Crippen molar-refractivity contribution in [2.24, 2.45) is 5.41 Å². The van der Waals surface area contributed by atoms with Crippen LogP contribution in [0.4, 0.5) is 0 Å². The van der Waals surface area contributed by atoms with Crippen molar-refractivity contribution in [2.45, 2.75) is 18.3 Å². The average Bonchev–Trinajstić information content (AvgIpc) is 3.34. The Morgan fingerprint density at radius 2 is 1.10 bits per heavy atom. The predicted octanol–water partition coefficient (Wildman–Crippen LogP) is -0.789. The summed E-state index contributed by atoms with van der Waals surface area (Å²) < 4.78 is 32.3. The maximum Gasteiger partial charge on any atom is 0.104 e. The molecule has 7 nitrogen and oxygen atoms in total. The van der Waals surface area contributed by atoms with Crippen molar-refractivity contribution >= 4 is 0 Å². The molecular weight excluding hydrogens is 280 g/mol. The number of ether oxygens (including phenoxy) is 6. The summed E-state index contributed by atoms with van der Waals surface area (Å²) in [4.78, 5) is 0. The van der Waals surface area contributed by atoms with Crippen LogP contribution in [0.5, 0.6) is 0 Å². The van der Waals surface area contributed by atoms with Gasteiger partial charge in [0, 0.05) is 0 Å². The van der Waals surface area contributed by atoms with Crippen LogP contribution in [0.15, 0.2) is 0 Å². The molecule has 3 aliphatic heterocycles. The van der Waals surface area contributed by atoms with Crippen molar-refractivity contribution in [3.8, 4) is 0 Å². The van der Waals surface area contributed by atoms with Gasteiger partial charge < -0.3 is 33.5 Å². The van der Waals surface area contributed by atoms with Crippen LogP contribution in [0, 0.1) is 5.41 Å². The summed E-state index contributed by atoms with van der Waals surface area (Å²) in [5.41, 5.74) is -0.543. The van der Waals surface area contributed by atoms with Crippen LogP contribution in [-0.2, 0) is 28.4 Å². The first-order valence-corrected chi connectivity index (χ1v) is 7.49. The van der Waals surface area contributed by atoms with Crippen LogP contribution in [0.2, 0.25) is 0 Å². The Balaban J connectivity index is 1.41. The summed E-state index contributed by atoms with van der Waals surface area (Å²) in [5, 5.41) is 9.79. The van der Waals surface area contributed by atoms with E-state index in [4.69, 9.17) is 28.4 Å². The van der Waals surface area contributed by atoms with Gasteiger partial charge in [-0.05, 0) is 0 Å². The van der Waals surface area contributed by atoms with E-state index in [2.05, 4.69) is 0 Å².